The highest BCUT2D eigenvalue weighted by atomic mass is 16.5. The number of aliphatic hydroxyl groups is 1. The molecule has 2 nitrogen and oxygen atoms in total. The maximum Gasteiger partial charge on any atom is 0.119 e. The summed E-state index contributed by atoms with van der Waals surface area (Å²) in [5.74, 6) is 2.77. The highest BCUT2D eigenvalue weighted by Gasteiger charge is 2.53. The van der Waals surface area contributed by atoms with E-state index < -0.39 is 0 Å². The van der Waals surface area contributed by atoms with Gasteiger partial charge in [-0.15, -0.1) is 0 Å². The molecule has 2 heteroatoms. The maximum absolute atomic E-state index is 9.60. The van der Waals surface area contributed by atoms with E-state index in [1.165, 1.54) is 19.3 Å². The van der Waals surface area contributed by atoms with Crippen LogP contribution in [0.3, 0.4) is 0 Å². The topological polar surface area (TPSA) is 29.5 Å². The number of fused-ring (bicyclic) bond motifs is 1. The standard InChI is InChI=1S/C15H20O2/c16-11-15(9-12-8-13(12)10-15)6-7-17-14-4-2-1-3-5-14/h1-5,12-13,16H,6-11H2. The first-order valence-electron chi connectivity index (χ1n) is 6.60. The molecule has 0 saturated heterocycles. The largest absolute Gasteiger partial charge is 0.494 e. The summed E-state index contributed by atoms with van der Waals surface area (Å²) in [4.78, 5) is 0. The molecule has 2 unspecified atom stereocenters. The van der Waals surface area contributed by atoms with Crippen molar-refractivity contribution in [1.82, 2.24) is 0 Å². The van der Waals surface area contributed by atoms with Crippen LogP contribution in [-0.2, 0) is 0 Å². The Morgan fingerprint density at radius 2 is 1.88 bits per heavy atom. The molecule has 2 aliphatic carbocycles. The lowest BCUT2D eigenvalue weighted by molar-refractivity contribution is 0.0891. The zero-order chi connectivity index (χ0) is 11.7. The molecule has 2 fully saturated rings. The van der Waals surface area contributed by atoms with Crippen molar-refractivity contribution in [3.8, 4) is 5.75 Å². The van der Waals surface area contributed by atoms with Crippen LogP contribution >= 0.6 is 0 Å². The van der Waals surface area contributed by atoms with E-state index in [0.29, 0.717) is 6.61 Å². The van der Waals surface area contributed by atoms with Gasteiger partial charge in [0.2, 0.25) is 0 Å². The third-order valence-corrected chi connectivity index (χ3v) is 4.44. The van der Waals surface area contributed by atoms with Gasteiger partial charge in [-0.05, 0) is 55.1 Å². The highest BCUT2D eigenvalue weighted by Crippen LogP contribution is 2.60. The molecular formula is C15H20O2. The molecule has 2 aliphatic rings. The first-order chi connectivity index (χ1) is 8.31. The van der Waals surface area contributed by atoms with Gasteiger partial charge in [-0.1, -0.05) is 18.2 Å². The fourth-order valence-corrected chi connectivity index (χ4v) is 3.32. The Hall–Kier alpha value is -1.02. The monoisotopic (exact) mass is 232 g/mol. The van der Waals surface area contributed by atoms with Gasteiger partial charge in [0.25, 0.3) is 0 Å². The van der Waals surface area contributed by atoms with E-state index in [4.69, 9.17) is 4.74 Å². The van der Waals surface area contributed by atoms with Crippen LogP contribution in [-0.4, -0.2) is 18.3 Å². The summed E-state index contributed by atoms with van der Waals surface area (Å²) in [6.45, 7) is 1.06. The third kappa shape index (κ3) is 2.32. The van der Waals surface area contributed by atoms with E-state index >= 15 is 0 Å². The molecule has 1 aromatic carbocycles. The Kier molecular flexibility index (Phi) is 2.83. The van der Waals surface area contributed by atoms with Gasteiger partial charge < -0.3 is 9.84 Å². The Morgan fingerprint density at radius 3 is 2.53 bits per heavy atom. The summed E-state index contributed by atoms with van der Waals surface area (Å²) in [7, 11) is 0. The molecule has 1 aromatic rings. The minimum Gasteiger partial charge on any atom is -0.494 e. The van der Waals surface area contributed by atoms with Gasteiger partial charge in [0.15, 0.2) is 0 Å². The molecule has 1 N–H and O–H groups in total. The Bertz CT molecular complexity index is 364. The van der Waals surface area contributed by atoms with E-state index in [-0.39, 0.29) is 5.41 Å². The van der Waals surface area contributed by atoms with Gasteiger partial charge in [0, 0.05) is 6.61 Å². The first-order valence-corrected chi connectivity index (χ1v) is 6.60. The van der Waals surface area contributed by atoms with Crippen LogP contribution < -0.4 is 4.74 Å². The van der Waals surface area contributed by atoms with Crippen LogP contribution in [0.25, 0.3) is 0 Å². The summed E-state index contributed by atoms with van der Waals surface area (Å²) in [5.41, 5.74) is 0.169. The summed E-state index contributed by atoms with van der Waals surface area (Å²) in [6, 6.07) is 9.94. The molecular weight excluding hydrogens is 212 g/mol. The zero-order valence-electron chi connectivity index (χ0n) is 10.1. The van der Waals surface area contributed by atoms with Crippen molar-refractivity contribution in [3.05, 3.63) is 30.3 Å². The second-order valence-corrected chi connectivity index (χ2v) is 5.73. The summed E-state index contributed by atoms with van der Waals surface area (Å²) in [6.07, 6.45) is 4.82. The smallest absolute Gasteiger partial charge is 0.119 e. The SMILES string of the molecule is OCC1(CCOc2ccccc2)CC2CC2C1. The van der Waals surface area contributed by atoms with E-state index in [0.717, 1.165) is 30.6 Å². The van der Waals surface area contributed by atoms with Crippen molar-refractivity contribution in [2.75, 3.05) is 13.2 Å². The minimum atomic E-state index is 0.169. The second-order valence-electron chi connectivity index (χ2n) is 5.73. The number of benzene rings is 1. The van der Waals surface area contributed by atoms with Gasteiger partial charge in [0.1, 0.15) is 5.75 Å². The zero-order valence-corrected chi connectivity index (χ0v) is 10.1. The van der Waals surface area contributed by atoms with Crippen LogP contribution in [0.2, 0.25) is 0 Å². The van der Waals surface area contributed by atoms with Crippen LogP contribution in [0.1, 0.15) is 25.7 Å². The normalized spacial score (nSPS) is 34.4. The lowest BCUT2D eigenvalue weighted by atomic mass is 9.81. The Balaban J connectivity index is 1.50. The average Bonchev–Trinajstić information content (AvgIpc) is 2.99. The number of aliphatic hydroxyl groups excluding tert-OH is 1. The summed E-state index contributed by atoms with van der Waals surface area (Å²) in [5, 5.41) is 9.60. The average molecular weight is 232 g/mol. The highest BCUT2D eigenvalue weighted by molar-refractivity contribution is 5.20. The van der Waals surface area contributed by atoms with Crippen LogP contribution in [0, 0.1) is 17.3 Å². The van der Waals surface area contributed by atoms with E-state index in [9.17, 15) is 5.11 Å². The van der Waals surface area contributed by atoms with Crippen molar-refractivity contribution < 1.29 is 9.84 Å². The molecule has 0 amide bonds. The fraction of sp³-hybridized carbons (Fsp3) is 0.600. The summed E-state index contributed by atoms with van der Waals surface area (Å²) < 4.78 is 5.73. The van der Waals surface area contributed by atoms with Crippen LogP contribution in [0.15, 0.2) is 30.3 Å². The van der Waals surface area contributed by atoms with Crippen molar-refractivity contribution >= 4 is 0 Å². The first kappa shape index (κ1) is 11.1. The van der Waals surface area contributed by atoms with Crippen molar-refractivity contribution in [3.63, 3.8) is 0 Å². The predicted octanol–water partition coefficient (Wildman–Crippen LogP) is 2.86. The molecule has 0 bridgehead atoms. The third-order valence-electron chi connectivity index (χ3n) is 4.44. The second kappa shape index (κ2) is 4.34. The number of rotatable bonds is 5. The van der Waals surface area contributed by atoms with E-state index in [1.54, 1.807) is 0 Å². The van der Waals surface area contributed by atoms with Gasteiger partial charge >= 0.3 is 0 Å². The molecule has 0 aliphatic heterocycles. The molecule has 0 aromatic heterocycles. The van der Waals surface area contributed by atoms with Crippen molar-refractivity contribution in [2.24, 2.45) is 17.3 Å². The molecule has 0 radical (unpaired) electrons. The molecule has 17 heavy (non-hydrogen) atoms. The van der Waals surface area contributed by atoms with Gasteiger partial charge in [-0.2, -0.15) is 0 Å². The number of ether oxygens (including phenoxy) is 1. The van der Waals surface area contributed by atoms with Gasteiger partial charge in [-0.3, -0.25) is 0 Å². The number of hydrogen-bond acceptors (Lipinski definition) is 2. The quantitative estimate of drug-likeness (QED) is 0.846. The number of hydrogen-bond donors (Lipinski definition) is 1. The minimum absolute atomic E-state index is 0.169. The Morgan fingerprint density at radius 1 is 1.18 bits per heavy atom. The van der Waals surface area contributed by atoms with Crippen molar-refractivity contribution in [2.45, 2.75) is 25.7 Å². The molecule has 0 spiro atoms. The molecule has 2 atom stereocenters. The fourth-order valence-electron chi connectivity index (χ4n) is 3.32. The van der Waals surface area contributed by atoms with Crippen molar-refractivity contribution in [1.29, 1.82) is 0 Å². The van der Waals surface area contributed by atoms with E-state index in [2.05, 4.69) is 0 Å². The molecule has 2 saturated carbocycles. The predicted molar refractivity (Wildman–Crippen MR) is 66.9 cm³/mol. The van der Waals surface area contributed by atoms with Crippen LogP contribution in [0.5, 0.6) is 5.75 Å². The van der Waals surface area contributed by atoms with E-state index in [1.807, 2.05) is 30.3 Å². The molecule has 0 heterocycles. The lowest BCUT2D eigenvalue weighted by Crippen LogP contribution is -2.26. The number of para-hydroxylation sites is 1. The summed E-state index contributed by atoms with van der Waals surface area (Å²) >= 11 is 0. The maximum atomic E-state index is 9.60. The molecule has 3 rings (SSSR count). The van der Waals surface area contributed by atoms with Gasteiger partial charge in [-0.25, -0.2) is 0 Å². The Labute approximate surface area is 103 Å². The molecule has 92 valence electrons. The lowest BCUT2D eigenvalue weighted by Gasteiger charge is -2.28. The van der Waals surface area contributed by atoms with Crippen LogP contribution in [0.4, 0.5) is 0 Å². The van der Waals surface area contributed by atoms with Gasteiger partial charge in [0.05, 0.1) is 6.61 Å².